The van der Waals surface area contributed by atoms with Crippen LogP contribution in [0.2, 0.25) is 0 Å². The first-order valence-corrected chi connectivity index (χ1v) is 8.40. The molecule has 1 N–H and O–H groups in total. The Morgan fingerprint density at radius 1 is 1.14 bits per heavy atom. The second-order valence-corrected chi connectivity index (χ2v) is 7.74. The van der Waals surface area contributed by atoms with Crippen LogP contribution in [-0.2, 0) is 4.74 Å². The highest BCUT2D eigenvalue weighted by molar-refractivity contribution is 5.69. The summed E-state index contributed by atoms with van der Waals surface area (Å²) >= 11 is 0. The lowest BCUT2D eigenvalue weighted by Crippen LogP contribution is -2.63. The molecular weight excluding hydrogens is 266 g/mol. The van der Waals surface area contributed by atoms with E-state index in [1.807, 2.05) is 20.8 Å². The molecule has 5 nitrogen and oxygen atoms in total. The summed E-state index contributed by atoms with van der Waals surface area (Å²) in [6.07, 6.45) is 5.15. The monoisotopic (exact) mass is 295 g/mol. The van der Waals surface area contributed by atoms with E-state index in [4.69, 9.17) is 4.74 Å². The van der Waals surface area contributed by atoms with Crippen molar-refractivity contribution in [3.8, 4) is 0 Å². The van der Waals surface area contributed by atoms with E-state index in [-0.39, 0.29) is 6.09 Å². The van der Waals surface area contributed by atoms with Gasteiger partial charge < -0.3 is 15.0 Å². The summed E-state index contributed by atoms with van der Waals surface area (Å²) in [6, 6.07) is 1.80. The maximum atomic E-state index is 11.9. The molecule has 3 aliphatic heterocycles. The van der Waals surface area contributed by atoms with Gasteiger partial charge in [-0.3, -0.25) is 4.90 Å². The molecule has 0 radical (unpaired) electrons. The van der Waals surface area contributed by atoms with Gasteiger partial charge in [0.25, 0.3) is 0 Å². The van der Waals surface area contributed by atoms with E-state index in [9.17, 15) is 4.79 Å². The van der Waals surface area contributed by atoms with Gasteiger partial charge in [-0.15, -0.1) is 0 Å². The third-order valence-electron chi connectivity index (χ3n) is 4.84. The Labute approximate surface area is 128 Å². The van der Waals surface area contributed by atoms with Crippen molar-refractivity contribution in [1.29, 1.82) is 0 Å². The van der Waals surface area contributed by atoms with E-state index in [0.717, 1.165) is 19.1 Å². The molecule has 2 unspecified atom stereocenters. The van der Waals surface area contributed by atoms with Gasteiger partial charge >= 0.3 is 6.09 Å². The van der Waals surface area contributed by atoms with Crippen molar-refractivity contribution in [3.05, 3.63) is 0 Å². The Balaban J connectivity index is 1.42. The van der Waals surface area contributed by atoms with Crippen LogP contribution >= 0.6 is 0 Å². The molecule has 0 aliphatic carbocycles. The Bertz CT molecular complexity index is 387. The number of carbonyl (C=O) groups excluding carboxylic acids is 1. The molecular formula is C16H29N3O2. The van der Waals surface area contributed by atoms with Crippen LogP contribution in [0.4, 0.5) is 4.79 Å². The molecule has 21 heavy (non-hydrogen) atoms. The van der Waals surface area contributed by atoms with E-state index in [1.54, 1.807) is 4.90 Å². The van der Waals surface area contributed by atoms with E-state index in [1.165, 1.54) is 38.8 Å². The number of amides is 1. The number of nitrogens with zero attached hydrogens (tertiary/aromatic N) is 2. The summed E-state index contributed by atoms with van der Waals surface area (Å²) in [4.78, 5) is 16.4. The summed E-state index contributed by atoms with van der Waals surface area (Å²) in [7, 11) is 0. The van der Waals surface area contributed by atoms with Gasteiger partial charge in [-0.2, -0.15) is 0 Å². The molecule has 3 rings (SSSR count). The molecule has 0 saturated carbocycles. The van der Waals surface area contributed by atoms with E-state index >= 15 is 0 Å². The Morgan fingerprint density at radius 2 is 1.90 bits per heavy atom. The molecule has 1 amide bonds. The van der Waals surface area contributed by atoms with Crippen LogP contribution in [-0.4, -0.2) is 65.8 Å². The lowest BCUT2D eigenvalue weighted by atomic mass is 9.97. The first-order chi connectivity index (χ1) is 9.92. The zero-order valence-electron chi connectivity index (χ0n) is 13.6. The molecule has 0 aromatic heterocycles. The molecule has 3 aliphatic rings. The van der Waals surface area contributed by atoms with Crippen molar-refractivity contribution >= 4 is 6.09 Å². The third kappa shape index (κ3) is 3.51. The predicted molar refractivity (Wildman–Crippen MR) is 82.3 cm³/mol. The third-order valence-corrected chi connectivity index (χ3v) is 4.84. The maximum Gasteiger partial charge on any atom is 0.410 e. The van der Waals surface area contributed by atoms with Crippen LogP contribution < -0.4 is 5.32 Å². The minimum absolute atomic E-state index is 0.175. The number of likely N-dealkylation sites (tertiary alicyclic amines) is 1. The van der Waals surface area contributed by atoms with Gasteiger partial charge in [-0.05, 0) is 46.6 Å². The van der Waals surface area contributed by atoms with Crippen molar-refractivity contribution in [1.82, 2.24) is 15.1 Å². The van der Waals surface area contributed by atoms with Gasteiger partial charge in [0.2, 0.25) is 0 Å². The van der Waals surface area contributed by atoms with E-state index in [0.29, 0.717) is 12.1 Å². The number of carbonyl (C=O) groups is 1. The number of fused-ring (bicyclic) bond motifs is 1. The largest absolute Gasteiger partial charge is 0.444 e. The number of hydrogen-bond acceptors (Lipinski definition) is 4. The van der Waals surface area contributed by atoms with Crippen molar-refractivity contribution < 1.29 is 9.53 Å². The smallest absolute Gasteiger partial charge is 0.410 e. The molecule has 120 valence electrons. The number of ether oxygens (including phenoxy) is 1. The molecule has 3 fully saturated rings. The molecule has 3 heterocycles. The van der Waals surface area contributed by atoms with Crippen LogP contribution in [0.1, 0.15) is 46.5 Å². The second kappa shape index (κ2) is 5.76. The highest BCUT2D eigenvalue weighted by atomic mass is 16.6. The van der Waals surface area contributed by atoms with Gasteiger partial charge in [0.15, 0.2) is 0 Å². The second-order valence-electron chi connectivity index (χ2n) is 7.74. The number of nitrogens with one attached hydrogen (secondary N) is 1. The van der Waals surface area contributed by atoms with Crippen molar-refractivity contribution in [3.63, 3.8) is 0 Å². The van der Waals surface area contributed by atoms with Crippen LogP contribution in [0.3, 0.4) is 0 Å². The normalized spacial score (nSPS) is 30.9. The average Bonchev–Trinajstić information content (AvgIpc) is 2.74. The average molecular weight is 295 g/mol. The summed E-state index contributed by atoms with van der Waals surface area (Å²) in [5.74, 6) is 0. The van der Waals surface area contributed by atoms with Gasteiger partial charge in [0, 0.05) is 37.8 Å². The minimum atomic E-state index is -0.399. The van der Waals surface area contributed by atoms with Crippen LogP contribution in [0, 0.1) is 0 Å². The Kier molecular flexibility index (Phi) is 4.14. The van der Waals surface area contributed by atoms with Gasteiger partial charge in [0.1, 0.15) is 5.60 Å². The molecule has 0 aromatic carbocycles. The van der Waals surface area contributed by atoms with Crippen LogP contribution in [0.15, 0.2) is 0 Å². The first-order valence-electron chi connectivity index (χ1n) is 8.40. The van der Waals surface area contributed by atoms with Gasteiger partial charge in [-0.1, -0.05) is 6.42 Å². The topological polar surface area (TPSA) is 44.8 Å². The fourth-order valence-electron chi connectivity index (χ4n) is 3.80. The fraction of sp³-hybridized carbons (Fsp3) is 0.938. The first kappa shape index (κ1) is 15.1. The molecule has 3 saturated heterocycles. The summed E-state index contributed by atoms with van der Waals surface area (Å²) in [5.41, 5.74) is -0.399. The molecule has 0 aromatic rings. The zero-order chi connectivity index (χ0) is 15.0. The maximum absolute atomic E-state index is 11.9. The summed E-state index contributed by atoms with van der Waals surface area (Å²) in [6.45, 7) is 9.84. The SMILES string of the molecule is CC(C)(C)OC(=O)N1CC(NC2CCN3CCCCC23)C1. The van der Waals surface area contributed by atoms with Crippen LogP contribution in [0.25, 0.3) is 0 Å². The molecule has 2 atom stereocenters. The number of piperidine rings is 1. The highest BCUT2D eigenvalue weighted by Crippen LogP contribution is 2.28. The summed E-state index contributed by atoms with van der Waals surface area (Å²) < 4.78 is 5.40. The quantitative estimate of drug-likeness (QED) is 0.844. The molecule has 5 heteroatoms. The zero-order valence-corrected chi connectivity index (χ0v) is 13.6. The van der Waals surface area contributed by atoms with E-state index in [2.05, 4.69) is 10.2 Å². The lowest BCUT2D eigenvalue weighted by Gasteiger charge is -2.43. The number of hydrogen-bond donors (Lipinski definition) is 1. The standard InChI is InChI=1S/C16H29N3O2/c1-16(2,3)21-15(20)19-10-12(11-19)17-13-7-9-18-8-5-4-6-14(13)18/h12-14,17H,4-11H2,1-3H3. The Morgan fingerprint density at radius 3 is 2.62 bits per heavy atom. The molecule has 0 spiro atoms. The summed E-state index contributed by atoms with van der Waals surface area (Å²) in [5, 5.41) is 3.77. The minimum Gasteiger partial charge on any atom is -0.444 e. The molecule has 0 bridgehead atoms. The predicted octanol–water partition coefficient (Wildman–Crippen LogP) is 1.82. The van der Waals surface area contributed by atoms with Gasteiger partial charge in [-0.25, -0.2) is 4.79 Å². The van der Waals surface area contributed by atoms with Crippen molar-refractivity contribution in [2.75, 3.05) is 26.2 Å². The van der Waals surface area contributed by atoms with Crippen molar-refractivity contribution in [2.24, 2.45) is 0 Å². The van der Waals surface area contributed by atoms with Gasteiger partial charge in [0.05, 0.1) is 0 Å². The number of rotatable bonds is 2. The fourth-order valence-corrected chi connectivity index (χ4v) is 3.80. The highest BCUT2D eigenvalue weighted by Gasteiger charge is 2.40. The van der Waals surface area contributed by atoms with Crippen molar-refractivity contribution in [2.45, 2.75) is 70.2 Å². The van der Waals surface area contributed by atoms with Crippen LogP contribution in [0.5, 0.6) is 0 Å². The van der Waals surface area contributed by atoms with E-state index < -0.39 is 5.60 Å². The Hall–Kier alpha value is -0.810. The lowest BCUT2D eigenvalue weighted by molar-refractivity contribution is 0.00343.